The molecule has 4 aliphatic rings. The molecule has 2 heterocycles. The van der Waals surface area contributed by atoms with Crippen molar-refractivity contribution in [3.63, 3.8) is 0 Å². The minimum absolute atomic E-state index is 0.193. The highest BCUT2D eigenvalue weighted by Gasteiger charge is 2.64. The van der Waals surface area contributed by atoms with Gasteiger partial charge in [0.25, 0.3) is 0 Å². The summed E-state index contributed by atoms with van der Waals surface area (Å²) in [6, 6.07) is 11.6. The van der Waals surface area contributed by atoms with Crippen molar-refractivity contribution in [1.82, 2.24) is 4.90 Å². The number of benzene rings is 2. The molecule has 2 bridgehead atoms. The lowest BCUT2D eigenvalue weighted by molar-refractivity contribution is -0.0271. The molecule has 0 amide bonds. The fourth-order valence-corrected chi connectivity index (χ4v) is 6.41. The molecular formula is C25H26N2O4. The quantitative estimate of drug-likeness (QED) is 0.609. The third kappa shape index (κ3) is 2.39. The maximum atomic E-state index is 13.0. The number of nitrogens with zero attached hydrogens (tertiary/aromatic N) is 1. The maximum Gasteiger partial charge on any atom is 0.345 e. The van der Waals surface area contributed by atoms with E-state index in [1.165, 1.54) is 11.1 Å². The highest BCUT2D eigenvalue weighted by molar-refractivity contribution is 5.95. The first-order valence-corrected chi connectivity index (χ1v) is 10.9. The van der Waals surface area contributed by atoms with E-state index in [2.05, 4.69) is 24.1 Å². The van der Waals surface area contributed by atoms with Crippen LogP contribution in [-0.2, 0) is 16.6 Å². The lowest BCUT2D eigenvalue weighted by atomic mass is 9.53. The topological polar surface area (TPSA) is 74.0 Å². The van der Waals surface area contributed by atoms with Gasteiger partial charge in [-0.1, -0.05) is 18.2 Å². The van der Waals surface area contributed by atoms with Gasteiger partial charge in [0.2, 0.25) is 0 Å². The monoisotopic (exact) mass is 418 g/mol. The average Bonchev–Trinajstić information content (AvgIpc) is 3.12. The summed E-state index contributed by atoms with van der Waals surface area (Å²) in [6.07, 6.45) is 4.55. The summed E-state index contributed by atoms with van der Waals surface area (Å²) in [5.41, 5.74) is 9.20. The molecule has 31 heavy (non-hydrogen) atoms. The number of likely N-dealkylation sites (N-methyl/N-ethyl adjacent to an activating group) is 1. The van der Waals surface area contributed by atoms with E-state index in [1.807, 2.05) is 6.07 Å². The number of carbonyl (C=O) groups is 1. The minimum atomic E-state index is -0.439. The van der Waals surface area contributed by atoms with E-state index in [0.717, 1.165) is 37.3 Å². The van der Waals surface area contributed by atoms with Crippen LogP contribution in [0.25, 0.3) is 0 Å². The number of hydrogen-bond donors (Lipinski definition) is 1. The molecule has 0 aromatic heterocycles. The molecule has 4 atom stereocenters. The molecule has 2 aromatic carbocycles. The number of esters is 1. The van der Waals surface area contributed by atoms with Gasteiger partial charge in [-0.15, -0.1) is 0 Å². The van der Waals surface area contributed by atoms with E-state index < -0.39 is 5.97 Å². The van der Waals surface area contributed by atoms with Crippen LogP contribution in [0.4, 0.5) is 5.69 Å². The second-order valence-electron chi connectivity index (χ2n) is 9.10. The van der Waals surface area contributed by atoms with Gasteiger partial charge in [-0.2, -0.15) is 0 Å². The number of rotatable bonds is 3. The van der Waals surface area contributed by atoms with Crippen LogP contribution in [0.5, 0.6) is 11.5 Å². The summed E-state index contributed by atoms with van der Waals surface area (Å²) in [4.78, 5) is 15.5. The van der Waals surface area contributed by atoms with Crippen LogP contribution in [-0.4, -0.2) is 43.7 Å². The van der Waals surface area contributed by atoms with E-state index in [4.69, 9.17) is 19.9 Å². The molecule has 6 nitrogen and oxygen atoms in total. The summed E-state index contributed by atoms with van der Waals surface area (Å²) < 4.78 is 18.2. The number of hydrogen-bond acceptors (Lipinski definition) is 6. The first-order valence-electron chi connectivity index (χ1n) is 10.9. The molecule has 1 spiro atoms. The highest BCUT2D eigenvalue weighted by Crippen LogP contribution is 2.63. The van der Waals surface area contributed by atoms with Crippen molar-refractivity contribution in [1.29, 1.82) is 0 Å². The van der Waals surface area contributed by atoms with Gasteiger partial charge in [-0.25, -0.2) is 4.79 Å². The third-order valence-electron chi connectivity index (χ3n) is 7.82. The lowest BCUT2D eigenvalue weighted by Crippen LogP contribution is -2.63. The molecule has 0 radical (unpaired) electrons. The number of carbonyl (C=O) groups excluding carboxylic acids is 1. The van der Waals surface area contributed by atoms with Crippen molar-refractivity contribution >= 4 is 11.7 Å². The number of likely N-dealkylation sites (tertiary alicyclic amines) is 1. The van der Waals surface area contributed by atoms with Crippen LogP contribution in [0, 0.1) is 5.92 Å². The van der Waals surface area contributed by atoms with Gasteiger partial charge in [0.15, 0.2) is 17.6 Å². The Morgan fingerprint density at radius 2 is 2.10 bits per heavy atom. The van der Waals surface area contributed by atoms with Crippen LogP contribution >= 0.6 is 0 Å². The van der Waals surface area contributed by atoms with E-state index >= 15 is 0 Å². The Morgan fingerprint density at radius 1 is 1.26 bits per heavy atom. The van der Waals surface area contributed by atoms with Crippen LogP contribution in [0.15, 0.2) is 48.2 Å². The van der Waals surface area contributed by atoms with E-state index in [1.54, 1.807) is 31.4 Å². The second-order valence-corrected chi connectivity index (χ2v) is 9.10. The summed E-state index contributed by atoms with van der Waals surface area (Å²) >= 11 is 0. The summed E-state index contributed by atoms with van der Waals surface area (Å²) in [5, 5.41) is 0. The van der Waals surface area contributed by atoms with Crippen LogP contribution < -0.4 is 15.2 Å². The normalized spacial score (nSPS) is 30.1. The predicted molar refractivity (Wildman–Crippen MR) is 116 cm³/mol. The summed E-state index contributed by atoms with van der Waals surface area (Å²) in [6.45, 7) is 0.990. The Hall–Kier alpha value is -2.99. The summed E-state index contributed by atoms with van der Waals surface area (Å²) in [5.74, 6) is 2.14. The molecule has 2 aliphatic heterocycles. The number of nitrogens with two attached hydrogens (primary N) is 1. The Kier molecular flexibility index (Phi) is 3.93. The number of methoxy groups -OCH3 is 1. The first-order chi connectivity index (χ1) is 15.0. The largest absolute Gasteiger partial charge is 0.493 e. The Bertz CT molecular complexity index is 1130. The van der Waals surface area contributed by atoms with Gasteiger partial charge in [0.05, 0.1) is 12.7 Å². The van der Waals surface area contributed by atoms with Crippen LogP contribution in [0.1, 0.15) is 34.3 Å². The van der Waals surface area contributed by atoms with Gasteiger partial charge in [-0.3, -0.25) is 0 Å². The SMILES string of the molecule is COc1ccc2c3c1OC1C(OC(=O)c4ccccc4N)=CCC4C(C2)N(C)CCC314. The molecular weight excluding hydrogens is 392 g/mol. The molecule has 2 N–H and O–H groups in total. The van der Waals surface area contributed by atoms with Gasteiger partial charge in [0.1, 0.15) is 5.76 Å². The Balaban J connectivity index is 1.45. The Morgan fingerprint density at radius 3 is 2.90 bits per heavy atom. The predicted octanol–water partition coefficient (Wildman–Crippen LogP) is 3.30. The lowest BCUT2D eigenvalue weighted by Gasteiger charge is -2.56. The van der Waals surface area contributed by atoms with Crippen molar-refractivity contribution < 1.29 is 19.0 Å². The van der Waals surface area contributed by atoms with Crippen LogP contribution in [0.3, 0.4) is 0 Å². The van der Waals surface area contributed by atoms with E-state index in [9.17, 15) is 4.79 Å². The fourth-order valence-electron chi connectivity index (χ4n) is 6.41. The number of allylic oxidation sites excluding steroid dienone is 1. The number of para-hydroxylation sites is 1. The molecule has 1 fully saturated rings. The number of nitrogen functional groups attached to an aromatic ring is 1. The second kappa shape index (κ2) is 6.50. The third-order valence-corrected chi connectivity index (χ3v) is 7.82. The smallest absolute Gasteiger partial charge is 0.345 e. The van der Waals surface area contributed by atoms with Crippen molar-refractivity contribution in [3.05, 3.63) is 64.9 Å². The molecule has 160 valence electrons. The van der Waals surface area contributed by atoms with Crippen molar-refractivity contribution in [2.45, 2.75) is 36.8 Å². The van der Waals surface area contributed by atoms with Crippen molar-refractivity contribution in [2.75, 3.05) is 26.4 Å². The van der Waals surface area contributed by atoms with Crippen molar-refractivity contribution in [2.24, 2.45) is 5.92 Å². The molecule has 2 aromatic rings. The number of piperidine rings is 1. The standard InChI is InChI=1S/C25H26N2O4/c1-27-12-11-25-16-8-10-20(30-24(28)15-5-3-4-6-17(15)26)23(25)31-22-19(29-2)9-7-14(21(22)25)13-18(16)27/h3-7,9-10,16,18,23H,8,11-13,26H2,1-2H3. The number of ether oxygens (including phenoxy) is 3. The average molecular weight is 418 g/mol. The molecule has 0 saturated carbocycles. The maximum absolute atomic E-state index is 13.0. The first kappa shape index (κ1) is 18.8. The molecule has 6 heteroatoms. The molecule has 2 aliphatic carbocycles. The number of anilines is 1. The van der Waals surface area contributed by atoms with Gasteiger partial charge in [-0.05, 0) is 68.6 Å². The minimum Gasteiger partial charge on any atom is -0.493 e. The molecule has 6 rings (SSSR count). The highest BCUT2D eigenvalue weighted by atomic mass is 16.6. The zero-order valence-corrected chi connectivity index (χ0v) is 17.8. The van der Waals surface area contributed by atoms with E-state index in [-0.39, 0.29) is 11.5 Å². The zero-order valence-electron chi connectivity index (χ0n) is 17.8. The van der Waals surface area contributed by atoms with Crippen LogP contribution in [0.2, 0.25) is 0 Å². The van der Waals surface area contributed by atoms with Gasteiger partial charge < -0.3 is 24.8 Å². The zero-order chi connectivity index (χ0) is 21.3. The fraction of sp³-hybridized carbons (Fsp3) is 0.400. The Labute approximate surface area is 181 Å². The van der Waals surface area contributed by atoms with Crippen molar-refractivity contribution in [3.8, 4) is 11.5 Å². The molecule has 4 unspecified atom stereocenters. The van der Waals surface area contributed by atoms with Gasteiger partial charge >= 0.3 is 5.97 Å². The molecule has 1 saturated heterocycles. The van der Waals surface area contributed by atoms with Gasteiger partial charge in [0, 0.05) is 22.7 Å². The van der Waals surface area contributed by atoms with E-state index in [0.29, 0.717) is 29.0 Å². The summed E-state index contributed by atoms with van der Waals surface area (Å²) in [7, 11) is 3.89.